The first-order chi connectivity index (χ1) is 9.74. The number of nitrogens with zero attached hydrogens (tertiary/aromatic N) is 5. The summed E-state index contributed by atoms with van der Waals surface area (Å²) in [6, 6.07) is 10.8. The van der Waals surface area contributed by atoms with Crippen LogP contribution in [0.15, 0.2) is 51.2 Å². The SMILES string of the molecule is O=c1[nH]nc(Cl)cc1Sc1nnnn1-c1ccccc1. The first-order valence-corrected chi connectivity index (χ1v) is 6.70. The summed E-state index contributed by atoms with van der Waals surface area (Å²) in [6.45, 7) is 0. The van der Waals surface area contributed by atoms with Crippen molar-refractivity contribution in [3.05, 3.63) is 51.9 Å². The number of aromatic amines is 1. The zero-order valence-electron chi connectivity index (χ0n) is 9.89. The second kappa shape index (κ2) is 5.43. The van der Waals surface area contributed by atoms with Gasteiger partial charge in [0, 0.05) is 0 Å². The molecule has 3 aromatic rings. The summed E-state index contributed by atoms with van der Waals surface area (Å²) in [5.41, 5.74) is 0.457. The molecule has 0 spiro atoms. The van der Waals surface area contributed by atoms with Gasteiger partial charge in [0.05, 0.1) is 10.6 Å². The van der Waals surface area contributed by atoms with Crippen molar-refractivity contribution in [3.8, 4) is 5.69 Å². The van der Waals surface area contributed by atoms with Gasteiger partial charge >= 0.3 is 0 Å². The molecule has 2 heterocycles. The van der Waals surface area contributed by atoms with Crippen molar-refractivity contribution >= 4 is 23.4 Å². The van der Waals surface area contributed by atoms with E-state index in [0.717, 1.165) is 17.4 Å². The van der Waals surface area contributed by atoms with Crippen LogP contribution < -0.4 is 5.56 Å². The largest absolute Gasteiger partial charge is 0.278 e. The molecule has 0 unspecified atom stereocenters. The second-order valence-corrected chi connectivity index (χ2v) is 5.09. The third kappa shape index (κ3) is 2.56. The van der Waals surface area contributed by atoms with Gasteiger partial charge in [-0.05, 0) is 40.4 Å². The van der Waals surface area contributed by atoms with Gasteiger partial charge in [-0.25, -0.2) is 5.10 Å². The van der Waals surface area contributed by atoms with E-state index in [2.05, 4.69) is 25.7 Å². The van der Waals surface area contributed by atoms with Gasteiger partial charge in [0.15, 0.2) is 5.15 Å². The summed E-state index contributed by atoms with van der Waals surface area (Å²) >= 11 is 6.88. The number of para-hydroxylation sites is 1. The summed E-state index contributed by atoms with van der Waals surface area (Å²) in [5.74, 6) is 0. The molecular formula is C11H7ClN6OS. The van der Waals surface area contributed by atoms with Crippen LogP contribution in [0.2, 0.25) is 5.15 Å². The average Bonchev–Trinajstić information content (AvgIpc) is 2.92. The Labute approximate surface area is 122 Å². The summed E-state index contributed by atoms with van der Waals surface area (Å²) in [4.78, 5) is 12.0. The van der Waals surface area contributed by atoms with Crippen molar-refractivity contribution < 1.29 is 0 Å². The maximum atomic E-state index is 11.7. The fourth-order valence-electron chi connectivity index (χ4n) is 1.51. The first-order valence-electron chi connectivity index (χ1n) is 5.51. The molecule has 0 saturated heterocycles. The number of aromatic nitrogens is 6. The second-order valence-electron chi connectivity index (χ2n) is 3.69. The van der Waals surface area contributed by atoms with E-state index < -0.39 is 0 Å². The topological polar surface area (TPSA) is 89.3 Å². The molecule has 0 aliphatic heterocycles. The molecule has 0 aliphatic rings. The highest BCUT2D eigenvalue weighted by molar-refractivity contribution is 7.99. The summed E-state index contributed by atoms with van der Waals surface area (Å²) < 4.78 is 1.54. The van der Waals surface area contributed by atoms with Crippen LogP contribution >= 0.6 is 23.4 Å². The van der Waals surface area contributed by atoms with Gasteiger partial charge in [-0.1, -0.05) is 29.8 Å². The lowest BCUT2D eigenvalue weighted by Crippen LogP contribution is -2.10. The minimum Gasteiger partial charge on any atom is -0.267 e. The molecule has 7 nitrogen and oxygen atoms in total. The zero-order chi connectivity index (χ0) is 13.9. The van der Waals surface area contributed by atoms with Crippen LogP contribution in [0.3, 0.4) is 0 Å². The van der Waals surface area contributed by atoms with Gasteiger partial charge in [-0.3, -0.25) is 4.79 Å². The lowest BCUT2D eigenvalue weighted by atomic mass is 10.3. The number of hydrogen-bond acceptors (Lipinski definition) is 6. The molecule has 3 rings (SSSR count). The molecule has 1 aromatic carbocycles. The zero-order valence-corrected chi connectivity index (χ0v) is 11.5. The monoisotopic (exact) mass is 306 g/mol. The standard InChI is InChI=1S/C11H7ClN6OS/c12-9-6-8(10(19)14-13-9)20-11-15-16-17-18(11)7-4-2-1-3-5-7/h1-6H,(H,14,19). The fourth-order valence-corrected chi connectivity index (χ4v) is 2.54. The van der Waals surface area contributed by atoms with E-state index in [9.17, 15) is 4.79 Å². The van der Waals surface area contributed by atoms with Crippen molar-refractivity contribution in [2.24, 2.45) is 0 Å². The van der Waals surface area contributed by atoms with Crippen LogP contribution in [0.25, 0.3) is 5.69 Å². The lowest BCUT2D eigenvalue weighted by molar-refractivity contribution is 0.756. The van der Waals surface area contributed by atoms with Crippen LogP contribution in [0.4, 0.5) is 0 Å². The Morgan fingerprint density at radius 2 is 2.05 bits per heavy atom. The molecule has 0 amide bonds. The van der Waals surface area contributed by atoms with Crippen LogP contribution in [0.1, 0.15) is 0 Å². The van der Waals surface area contributed by atoms with Gasteiger partial charge in [0.2, 0.25) is 5.16 Å². The maximum absolute atomic E-state index is 11.7. The molecule has 1 N–H and O–H groups in total. The van der Waals surface area contributed by atoms with Crippen molar-refractivity contribution in [3.63, 3.8) is 0 Å². The third-order valence-corrected chi connectivity index (χ3v) is 3.54. The van der Waals surface area contributed by atoms with Gasteiger partial charge in [0.25, 0.3) is 5.56 Å². The van der Waals surface area contributed by atoms with E-state index in [1.807, 2.05) is 30.3 Å². The third-order valence-electron chi connectivity index (χ3n) is 2.38. The van der Waals surface area contributed by atoms with Crippen molar-refractivity contribution in [1.82, 2.24) is 30.4 Å². The van der Waals surface area contributed by atoms with Gasteiger partial charge in [0.1, 0.15) is 0 Å². The Balaban J connectivity index is 1.99. The minimum absolute atomic E-state index is 0.200. The Hall–Kier alpha value is -2.19. The normalized spacial score (nSPS) is 10.7. The highest BCUT2D eigenvalue weighted by Gasteiger charge is 2.12. The highest BCUT2D eigenvalue weighted by Crippen LogP contribution is 2.24. The van der Waals surface area contributed by atoms with Crippen molar-refractivity contribution in [1.29, 1.82) is 0 Å². The number of tetrazole rings is 1. The van der Waals surface area contributed by atoms with Crippen LogP contribution in [-0.4, -0.2) is 30.4 Å². The van der Waals surface area contributed by atoms with E-state index >= 15 is 0 Å². The summed E-state index contributed by atoms with van der Waals surface area (Å²) in [5, 5.41) is 18.0. The van der Waals surface area contributed by atoms with Crippen LogP contribution in [0, 0.1) is 0 Å². The Bertz CT molecular complexity index is 787. The lowest BCUT2D eigenvalue weighted by Gasteiger charge is -2.03. The van der Waals surface area contributed by atoms with E-state index in [0.29, 0.717) is 10.1 Å². The Kier molecular flexibility index (Phi) is 3.48. The number of benzene rings is 1. The van der Waals surface area contributed by atoms with E-state index in [4.69, 9.17) is 11.6 Å². The quantitative estimate of drug-likeness (QED) is 0.789. The van der Waals surface area contributed by atoms with Gasteiger partial charge in [-0.15, -0.1) is 5.10 Å². The number of nitrogens with one attached hydrogen (secondary N) is 1. The Morgan fingerprint density at radius 1 is 1.25 bits per heavy atom. The predicted octanol–water partition coefficient (Wildman–Crippen LogP) is 1.55. The van der Waals surface area contributed by atoms with E-state index in [-0.39, 0.29) is 10.7 Å². The average molecular weight is 307 g/mol. The summed E-state index contributed by atoms with van der Waals surface area (Å²) in [6.07, 6.45) is 0. The summed E-state index contributed by atoms with van der Waals surface area (Å²) in [7, 11) is 0. The fraction of sp³-hybridized carbons (Fsp3) is 0. The maximum Gasteiger partial charge on any atom is 0.278 e. The molecule has 20 heavy (non-hydrogen) atoms. The van der Waals surface area contributed by atoms with Crippen molar-refractivity contribution in [2.75, 3.05) is 0 Å². The van der Waals surface area contributed by atoms with E-state index in [1.165, 1.54) is 6.07 Å². The smallest absolute Gasteiger partial charge is 0.267 e. The number of H-pyrrole nitrogens is 1. The molecular weight excluding hydrogens is 300 g/mol. The van der Waals surface area contributed by atoms with Crippen LogP contribution in [-0.2, 0) is 0 Å². The van der Waals surface area contributed by atoms with Crippen LogP contribution in [0.5, 0.6) is 0 Å². The number of halogens is 1. The molecule has 0 aliphatic carbocycles. The predicted molar refractivity (Wildman–Crippen MR) is 73.1 cm³/mol. The highest BCUT2D eigenvalue weighted by atomic mass is 35.5. The molecule has 2 aromatic heterocycles. The number of hydrogen-bond donors (Lipinski definition) is 1. The molecule has 0 atom stereocenters. The molecule has 9 heteroatoms. The molecule has 0 fully saturated rings. The van der Waals surface area contributed by atoms with Gasteiger partial charge in [-0.2, -0.15) is 9.78 Å². The first kappa shape index (κ1) is 12.8. The van der Waals surface area contributed by atoms with E-state index in [1.54, 1.807) is 4.68 Å². The molecule has 0 radical (unpaired) electrons. The number of rotatable bonds is 3. The van der Waals surface area contributed by atoms with Gasteiger partial charge < -0.3 is 0 Å². The molecule has 100 valence electrons. The molecule has 0 saturated carbocycles. The molecule has 0 bridgehead atoms. The minimum atomic E-state index is -0.345. The Morgan fingerprint density at radius 3 is 2.85 bits per heavy atom. The van der Waals surface area contributed by atoms with Crippen molar-refractivity contribution in [2.45, 2.75) is 10.1 Å².